The zero-order valence-corrected chi connectivity index (χ0v) is 11.9. The molecular formula is C16H14F3N3. The van der Waals surface area contributed by atoms with Gasteiger partial charge < -0.3 is 0 Å². The smallest absolute Gasteiger partial charge is 0.253 e. The van der Waals surface area contributed by atoms with Crippen LogP contribution in [0.25, 0.3) is 0 Å². The molecule has 1 saturated carbocycles. The Labute approximate surface area is 126 Å². The first-order valence-corrected chi connectivity index (χ1v) is 6.90. The molecule has 2 aromatic rings. The standard InChI is InChI=1S/C16H14F3N3/c1-11(12-8-20-10-21-9-12)22-14-4-2-13(3-5-14)15(6-7-15)16(17,18)19/h2-5,8-10H,6-7H2,1H3/b22-11+. The molecule has 1 aliphatic rings. The van der Waals surface area contributed by atoms with E-state index in [1.807, 2.05) is 6.92 Å². The fourth-order valence-corrected chi connectivity index (χ4v) is 2.46. The first kappa shape index (κ1) is 14.7. The molecule has 114 valence electrons. The van der Waals surface area contributed by atoms with Crippen LogP contribution >= 0.6 is 0 Å². The highest BCUT2D eigenvalue weighted by Crippen LogP contribution is 2.58. The Kier molecular flexibility index (Phi) is 3.47. The predicted octanol–water partition coefficient (Wildman–Crippen LogP) is 4.21. The van der Waals surface area contributed by atoms with Gasteiger partial charge in [-0.1, -0.05) is 12.1 Å². The van der Waals surface area contributed by atoms with Gasteiger partial charge in [0.25, 0.3) is 0 Å². The Balaban J connectivity index is 1.84. The molecule has 22 heavy (non-hydrogen) atoms. The van der Waals surface area contributed by atoms with Crippen molar-refractivity contribution in [1.82, 2.24) is 9.97 Å². The second-order valence-electron chi connectivity index (χ2n) is 5.45. The molecule has 0 radical (unpaired) electrons. The number of aromatic nitrogens is 2. The van der Waals surface area contributed by atoms with Crippen molar-refractivity contribution in [3.05, 3.63) is 54.1 Å². The molecular weight excluding hydrogens is 291 g/mol. The van der Waals surface area contributed by atoms with Gasteiger partial charge in [-0.15, -0.1) is 0 Å². The highest BCUT2D eigenvalue weighted by atomic mass is 19.4. The second kappa shape index (κ2) is 5.19. The summed E-state index contributed by atoms with van der Waals surface area (Å²) in [5, 5.41) is 0. The monoisotopic (exact) mass is 305 g/mol. The zero-order valence-electron chi connectivity index (χ0n) is 11.9. The lowest BCUT2D eigenvalue weighted by atomic mass is 9.95. The van der Waals surface area contributed by atoms with Crippen LogP contribution in [0.4, 0.5) is 18.9 Å². The third-order valence-corrected chi connectivity index (χ3v) is 3.99. The van der Waals surface area contributed by atoms with Crippen LogP contribution in [0.5, 0.6) is 0 Å². The summed E-state index contributed by atoms with van der Waals surface area (Å²) in [5.74, 6) is 0. The molecule has 0 bridgehead atoms. The van der Waals surface area contributed by atoms with E-state index in [2.05, 4.69) is 15.0 Å². The summed E-state index contributed by atoms with van der Waals surface area (Å²) in [7, 11) is 0. The molecule has 3 rings (SSSR count). The number of benzene rings is 1. The topological polar surface area (TPSA) is 38.1 Å². The van der Waals surface area contributed by atoms with E-state index in [-0.39, 0.29) is 12.8 Å². The van der Waals surface area contributed by atoms with Crippen LogP contribution in [0.1, 0.15) is 30.9 Å². The number of alkyl halides is 3. The van der Waals surface area contributed by atoms with Crippen LogP contribution in [-0.4, -0.2) is 21.9 Å². The Hall–Kier alpha value is -2.24. The van der Waals surface area contributed by atoms with Crippen molar-refractivity contribution in [2.24, 2.45) is 4.99 Å². The van der Waals surface area contributed by atoms with Crippen molar-refractivity contribution in [3.63, 3.8) is 0 Å². The van der Waals surface area contributed by atoms with E-state index in [0.29, 0.717) is 17.0 Å². The summed E-state index contributed by atoms with van der Waals surface area (Å²) in [5.41, 5.74) is 0.783. The van der Waals surface area contributed by atoms with Gasteiger partial charge in [0.05, 0.1) is 11.1 Å². The fourth-order valence-electron chi connectivity index (χ4n) is 2.46. The van der Waals surface area contributed by atoms with Gasteiger partial charge >= 0.3 is 6.18 Å². The Morgan fingerprint density at radius 1 is 1.09 bits per heavy atom. The molecule has 0 unspecified atom stereocenters. The molecule has 0 aliphatic heterocycles. The minimum Gasteiger partial charge on any atom is -0.253 e. The van der Waals surface area contributed by atoms with Gasteiger partial charge in [-0.05, 0) is 37.5 Å². The highest BCUT2D eigenvalue weighted by Gasteiger charge is 2.64. The molecule has 1 aliphatic carbocycles. The van der Waals surface area contributed by atoms with E-state index >= 15 is 0 Å². The van der Waals surface area contributed by atoms with Crippen LogP contribution in [0.15, 0.2) is 48.0 Å². The molecule has 0 N–H and O–H groups in total. The van der Waals surface area contributed by atoms with Crippen molar-refractivity contribution in [2.75, 3.05) is 0 Å². The van der Waals surface area contributed by atoms with Crippen molar-refractivity contribution in [1.29, 1.82) is 0 Å². The molecule has 0 saturated heterocycles. The van der Waals surface area contributed by atoms with Gasteiger partial charge in [0.15, 0.2) is 0 Å². The van der Waals surface area contributed by atoms with Gasteiger partial charge in [0.1, 0.15) is 6.33 Å². The van der Waals surface area contributed by atoms with Gasteiger partial charge in [-0.2, -0.15) is 13.2 Å². The summed E-state index contributed by atoms with van der Waals surface area (Å²) in [6.45, 7) is 1.81. The molecule has 1 heterocycles. The van der Waals surface area contributed by atoms with Crippen LogP contribution in [0, 0.1) is 0 Å². The molecule has 0 amide bonds. The zero-order chi connectivity index (χ0) is 15.8. The number of aliphatic imine (C=N–C) groups is 1. The minimum atomic E-state index is -4.19. The lowest BCUT2D eigenvalue weighted by Gasteiger charge is -2.19. The van der Waals surface area contributed by atoms with E-state index in [0.717, 1.165) is 5.56 Å². The average molecular weight is 305 g/mol. The quantitative estimate of drug-likeness (QED) is 0.797. The van der Waals surface area contributed by atoms with Gasteiger partial charge in [0.2, 0.25) is 0 Å². The maximum atomic E-state index is 13.1. The Bertz CT molecular complexity index is 687. The first-order valence-electron chi connectivity index (χ1n) is 6.90. The minimum absolute atomic E-state index is 0.166. The van der Waals surface area contributed by atoms with Crippen LogP contribution < -0.4 is 0 Å². The van der Waals surface area contributed by atoms with Crippen molar-refractivity contribution < 1.29 is 13.2 Å². The summed E-state index contributed by atoms with van der Waals surface area (Å²) in [4.78, 5) is 12.2. The molecule has 1 aromatic heterocycles. The Morgan fingerprint density at radius 2 is 1.68 bits per heavy atom. The number of hydrogen-bond donors (Lipinski definition) is 0. The van der Waals surface area contributed by atoms with Crippen LogP contribution in [0.2, 0.25) is 0 Å². The van der Waals surface area contributed by atoms with Gasteiger partial charge in [-0.3, -0.25) is 4.99 Å². The van der Waals surface area contributed by atoms with Crippen molar-refractivity contribution in [2.45, 2.75) is 31.4 Å². The van der Waals surface area contributed by atoms with Gasteiger partial charge in [-0.25, -0.2) is 9.97 Å². The SMILES string of the molecule is C/C(=N\c1ccc(C2(C(F)(F)F)CC2)cc1)c1cncnc1. The average Bonchev–Trinajstić information content (AvgIpc) is 3.30. The third kappa shape index (κ3) is 2.61. The maximum absolute atomic E-state index is 13.1. The predicted molar refractivity (Wildman–Crippen MR) is 77.3 cm³/mol. The van der Waals surface area contributed by atoms with Crippen molar-refractivity contribution >= 4 is 11.4 Å². The highest BCUT2D eigenvalue weighted by molar-refractivity contribution is 5.99. The summed E-state index contributed by atoms with van der Waals surface area (Å²) in [6, 6.07) is 6.28. The van der Waals surface area contributed by atoms with Crippen LogP contribution in [0.3, 0.4) is 0 Å². The lowest BCUT2D eigenvalue weighted by Crippen LogP contribution is -2.28. The van der Waals surface area contributed by atoms with E-state index in [1.165, 1.54) is 18.5 Å². The van der Waals surface area contributed by atoms with E-state index < -0.39 is 11.6 Å². The lowest BCUT2D eigenvalue weighted by molar-refractivity contribution is -0.160. The van der Waals surface area contributed by atoms with E-state index in [4.69, 9.17) is 0 Å². The molecule has 1 fully saturated rings. The first-order chi connectivity index (χ1) is 10.4. The number of rotatable bonds is 3. The molecule has 6 heteroatoms. The van der Waals surface area contributed by atoms with Gasteiger partial charge in [0, 0.05) is 23.7 Å². The number of nitrogens with zero attached hydrogens (tertiary/aromatic N) is 3. The summed E-state index contributed by atoms with van der Waals surface area (Å²) >= 11 is 0. The molecule has 0 atom stereocenters. The Morgan fingerprint density at radius 3 is 2.18 bits per heavy atom. The maximum Gasteiger partial charge on any atom is 0.398 e. The second-order valence-corrected chi connectivity index (χ2v) is 5.45. The molecule has 3 nitrogen and oxygen atoms in total. The largest absolute Gasteiger partial charge is 0.398 e. The fraction of sp³-hybridized carbons (Fsp3) is 0.312. The molecule has 0 spiro atoms. The van der Waals surface area contributed by atoms with E-state index in [9.17, 15) is 13.2 Å². The third-order valence-electron chi connectivity index (χ3n) is 3.99. The summed E-state index contributed by atoms with van der Waals surface area (Å²) < 4.78 is 39.2. The number of halogens is 3. The van der Waals surface area contributed by atoms with E-state index in [1.54, 1.807) is 24.5 Å². The summed E-state index contributed by atoms with van der Waals surface area (Å²) in [6.07, 6.45) is 0.859. The van der Waals surface area contributed by atoms with Crippen molar-refractivity contribution in [3.8, 4) is 0 Å². The van der Waals surface area contributed by atoms with Crippen LogP contribution in [-0.2, 0) is 5.41 Å². The molecule has 1 aromatic carbocycles. The number of hydrogen-bond acceptors (Lipinski definition) is 3. The normalized spacial score (nSPS) is 17.4.